The topological polar surface area (TPSA) is 75.7 Å². The second-order valence-corrected chi connectivity index (χ2v) is 9.45. The molecule has 0 aliphatic heterocycles. The van der Waals surface area contributed by atoms with Gasteiger partial charge in [0.05, 0.1) is 18.6 Å². The van der Waals surface area contributed by atoms with Crippen LogP contribution in [0.5, 0.6) is 5.75 Å². The molecule has 6 nitrogen and oxygen atoms in total. The van der Waals surface area contributed by atoms with E-state index in [1.165, 1.54) is 15.5 Å². The monoisotopic (exact) mass is 436 g/mol. The number of nitrogens with zero attached hydrogens (tertiary/aromatic N) is 1. The van der Waals surface area contributed by atoms with E-state index < -0.39 is 10.0 Å². The first-order chi connectivity index (χ1) is 13.9. The van der Waals surface area contributed by atoms with Crippen LogP contribution in [0.4, 0.5) is 5.69 Å². The molecule has 1 amide bonds. The minimum atomic E-state index is -3.44. The van der Waals surface area contributed by atoms with Crippen LogP contribution in [-0.4, -0.2) is 46.0 Å². The van der Waals surface area contributed by atoms with E-state index >= 15 is 0 Å². The van der Waals surface area contributed by atoms with Crippen molar-refractivity contribution >= 4 is 33.4 Å². The first-order valence-corrected chi connectivity index (χ1v) is 12.4. The van der Waals surface area contributed by atoms with Crippen molar-refractivity contribution < 1.29 is 17.9 Å². The molecule has 2 aromatic rings. The summed E-state index contributed by atoms with van der Waals surface area (Å²) in [6, 6.07) is 16.9. The number of nitrogens with one attached hydrogen (secondary N) is 1. The van der Waals surface area contributed by atoms with E-state index in [0.717, 1.165) is 5.75 Å². The summed E-state index contributed by atoms with van der Waals surface area (Å²) in [6.45, 7) is 3.27. The number of thioether (sulfide) groups is 1. The van der Waals surface area contributed by atoms with Gasteiger partial charge in [0.15, 0.2) is 0 Å². The van der Waals surface area contributed by atoms with Gasteiger partial charge in [0.2, 0.25) is 15.9 Å². The molecule has 8 heteroatoms. The Labute approximate surface area is 177 Å². The molecule has 0 aromatic heterocycles. The number of carbonyl (C=O) groups excluding carboxylic acids is 1. The Morgan fingerprint density at radius 3 is 2.41 bits per heavy atom. The smallest absolute Gasteiger partial charge is 0.232 e. The molecule has 0 aliphatic rings. The molecule has 0 saturated carbocycles. The second kappa shape index (κ2) is 11.7. The average molecular weight is 437 g/mol. The lowest BCUT2D eigenvalue weighted by molar-refractivity contribution is -0.121. The van der Waals surface area contributed by atoms with Gasteiger partial charge in [-0.25, -0.2) is 8.42 Å². The third-order valence-electron chi connectivity index (χ3n) is 4.04. The molecule has 0 fully saturated rings. The second-order valence-electron chi connectivity index (χ2n) is 6.38. The first-order valence-electron chi connectivity index (χ1n) is 9.55. The summed E-state index contributed by atoms with van der Waals surface area (Å²) in [7, 11) is -3.44. The van der Waals surface area contributed by atoms with Crippen molar-refractivity contribution in [2.75, 3.05) is 36.0 Å². The molecule has 0 bridgehead atoms. The van der Waals surface area contributed by atoms with Gasteiger partial charge in [-0.2, -0.15) is 0 Å². The van der Waals surface area contributed by atoms with E-state index in [-0.39, 0.29) is 18.9 Å². The minimum absolute atomic E-state index is 0.0705. The molecule has 2 aromatic carbocycles. The zero-order chi connectivity index (χ0) is 21.1. The molecule has 0 saturated heterocycles. The SMILES string of the molecule is CCOc1ccc(N(CCCC(=O)NCCSc2ccccc2)S(C)(=O)=O)cc1. The number of hydrogen-bond donors (Lipinski definition) is 1. The van der Waals surface area contributed by atoms with E-state index in [1.54, 1.807) is 36.0 Å². The first kappa shape index (κ1) is 23.1. The van der Waals surface area contributed by atoms with Gasteiger partial charge >= 0.3 is 0 Å². The summed E-state index contributed by atoms with van der Waals surface area (Å²) < 4.78 is 31.0. The van der Waals surface area contributed by atoms with Crippen LogP contribution in [0.1, 0.15) is 19.8 Å². The van der Waals surface area contributed by atoms with Crippen molar-refractivity contribution in [3.63, 3.8) is 0 Å². The molecule has 2 rings (SSSR count). The maximum Gasteiger partial charge on any atom is 0.232 e. The summed E-state index contributed by atoms with van der Waals surface area (Å²) >= 11 is 1.68. The van der Waals surface area contributed by atoms with Crippen molar-refractivity contribution in [1.82, 2.24) is 5.32 Å². The van der Waals surface area contributed by atoms with Crippen LogP contribution in [0.25, 0.3) is 0 Å². The third-order valence-corrected chi connectivity index (χ3v) is 6.25. The normalized spacial score (nSPS) is 11.1. The van der Waals surface area contributed by atoms with Gasteiger partial charge < -0.3 is 10.1 Å². The van der Waals surface area contributed by atoms with E-state index in [4.69, 9.17) is 4.74 Å². The minimum Gasteiger partial charge on any atom is -0.494 e. The van der Waals surface area contributed by atoms with Gasteiger partial charge in [-0.15, -0.1) is 11.8 Å². The molecule has 0 heterocycles. The maximum atomic E-state index is 12.2. The Hall–Kier alpha value is -2.19. The Balaban J connectivity index is 1.76. The van der Waals surface area contributed by atoms with Crippen LogP contribution < -0.4 is 14.4 Å². The van der Waals surface area contributed by atoms with Crippen molar-refractivity contribution in [2.24, 2.45) is 0 Å². The van der Waals surface area contributed by atoms with Gasteiger partial charge in [-0.05, 0) is 49.7 Å². The Morgan fingerprint density at radius 2 is 1.79 bits per heavy atom. The average Bonchev–Trinajstić information content (AvgIpc) is 2.69. The fourth-order valence-electron chi connectivity index (χ4n) is 2.71. The van der Waals surface area contributed by atoms with Gasteiger partial charge in [0.1, 0.15) is 5.75 Å². The number of carbonyl (C=O) groups is 1. The van der Waals surface area contributed by atoms with Crippen molar-refractivity contribution in [3.05, 3.63) is 54.6 Å². The standard InChI is InChI=1S/C21H28N2O4S2/c1-3-27-19-13-11-18(12-14-19)23(29(2,25)26)16-7-10-21(24)22-15-17-28-20-8-5-4-6-9-20/h4-6,8-9,11-14H,3,7,10,15-17H2,1-2H3,(H,22,24). The zero-order valence-electron chi connectivity index (χ0n) is 16.8. The van der Waals surface area contributed by atoms with Gasteiger partial charge in [-0.3, -0.25) is 9.10 Å². The predicted octanol–water partition coefficient (Wildman–Crippen LogP) is 3.54. The summed E-state index contributed by atoms with van der Waals surface area (Å²) in [5, 5.41) is 2.88. The molecule has 0 atom stereocenters. The fourth-order valence-corrected chi connectivity index (χ4v) is 4.46. The lowest BCUT2D eigenvalue weighted by Crippen LogP contribution is -2.32. The van der Waals surface area contributed by atoms with Crippen LogP contribution in [0.3, 0.4) is 0 Å². The van der Waals surface area contributed by atoms with Crippen molar-refractivity contribution in [3.8, 4) is 5.75 Å². The number of benzene rings is 2. The largest absolute Gasteiger partial charge is 0.494 e. The quantitative estimate of drug-likeness (QED) is 0.407. The third kappa shape index (κ3) is 8.37. The number of sulfonamides is 1. The Kier molecular flexibility index (Phi) is 9.34. The van der Waals surface area contributed by atoms with Crippen LogP contribution in [0.2, 0.25) is 0 Å². The van der Waals surface area contributed by atoms with Crippen LogP contribution >= 0.6 is 11.8 Å². The summed E-state index contributed by atoms with van der Waals surface area (Å²) in [4.78, 5) is 13.2. The van der Waals surface area contributed by atoms with E-state index in [2.05, 4.69) is 5.32 Å². The van der Waals surface area contributed by atoms with Crippen LogP contribution in [-0.2, 0) is 14.8 Å². The highest BCUT2D eigenvalue weighted by molar-refractivity contribution is 7.99. The highest BCUT2D eigenvalue weighted by Crippen LogP contribution is 2.22. The van der Waals surface area contributed by atoms with E-state index in [9.17, 15) is 13.2 Å². The van der Waals surface area contributed by atoms with E-state index in [0.29, 0.717) is 31.0 Å². The molecular weight excluding hydrogens is 408 g/mol. The maximum absolute atomic E-state index is 12.2. The molecular formula is C21H28N2O4S2. The lowest BCUT2D eigenvalue weighted by atomic mass is 10.2. The number of rotatable bonds is 12. The van der Waals surface area contributed by atoms with Crippen LogP contribution in [0.15, 0.2) is 59.5 Å². The Morgan fingerprint density at radius 1 is 1.10 bits per heavy atom. The predicted molar refractivity (Wildman–Crippen MR) is 119 cm³/mol. The summed E-state index contributed by atoms with van der Waals surface area (Å²) in [5.41, 5.74) is 0.565. The molecule has 0 unspecified atom stereocenters. The molecule has 29 heavy (non-hydrogen) atoms. The summed E-state index contributed by atoms with van der Waals surface area (Å²) in [6.07, 6.45) is 1.89. The molecule has 1 N–H and O–H groups in total. The molecule has 0 spiro atoms. The fraction of sp³-hybridized carbons (Fsp3) is 0.381. The lowest BCUT2D eigenvalue weighted by Gasteiger charge is -2.22. The summed E-state index contributed by atoms with van der Waals surface area (Å²) in [5.74, 6) is 1.41. The van der Waals surface area contributed by atoms with Gasteiger partial charge in [-0.1, -0.05) is 18.2 Å². The number of hydrogen-bond acceptors (Lipinski definition) is 5. The zero-order valence-corrected chi connectivity index (χ0v) is 18.5. The molecule has 0 radical (unpaired) electrons. The molecule has 158 valence electrons. The highest BCUT2D eigenvalue weighted by Gasteiger charge is 2.17. The van der Waals surface area contributed by atoms with Crippen LogP contribution in [0, 0.1) is 0 Å². The van der Waals surface area contributed by atoms with Crippen molar-refractivity contribution in [1.29, 1.82) is 0 Å². The molecule has 0 aliphatic carbocycles. The Bertz CT molecular complexity index is 856. The van der Waals surface area contributed by atoms with Gasteiger partial charge in [0, 0.05) is 30.2 Å². The van der Waals surface area contributed by atoms with E-state index in [1.807, 2.05) is 37.3 Å². The highest BCUT2D eigenvalue weighted by atomic mass is 32.2. The number of amides is 1. The number of ether oxygens (including phenoxy) is 1. The number of anilines is 1. The van der Waals surface area contributed by atoms with Crippen molar-refractivity contribution in [2.45, 2.75) is 24.7 Å². The van der Waals surface area contributed by atoms with Gasteiger partial charge in [0.25, 0.3) is 0 Å².